The number of hydrogen-bond acceptors (Lipinski definition) is 4. The molecule has 0 aliphatic rings. The van der Waals surface area contributed by atoms with Crippen LogP contribution >= 0.6 is 38.5 Å². The SMILES string of the molecule is CCNC(=O)[C@@H](C)N(Cc1ccc(Br)cc1)C(=O)CN(c1ccc(I)cc1)S(C)(=O)=O. The van der Waals surface area contributed by atoms with Gasteiger partial charge < -0.3 is 10.2 Å². The number of sulfonamides is 1. The smallest absolute Gasteiger partial charge is 0.244 e. The van der Waals surface area contributed by atoms with Crippen molar-refractivity contribution in [3.8, 4) is 0 Å². The van der Waals surface area contributed by atoms with Gasteiger partial charge in [-0.3, -0.25) is 13.9 Å². The van der Waals surface area contributed by atoms with Crippen molar-refractivity contribution >= 4 is 66.0 Å². The van der Waals surface area contributed by atoms with Crippen molar-refractivity contribution in [2.75, 3.05) is 23.7 Å². The molecule has 0 fully saturated rings. The standard InChI is InChI=1S/C21H25BrIN3O4S/c1-4-24-21(28)15(2)25(13-16-5-7-17(22)8-6-16)20(27)14-26(31(3,29)30)19-11-9-18(23)10-12-19/h5-12,15H,4,13-14H2,1-3H3,(H,24,28)/t15-/m1/s1. The van der Waals surface area contributed by atoms with Crippen molar-refractivity contribution in [1.82, 2.24) is 10.2 Å². The summed E-state index contributed by atoms with van der Waals surface area (Å²) in [6.45, 7) is 3.64. The number of carbonyl (C=O) groups excluding carboxylic acids is 2. The topological polar surface area (TPSA) is 86.8 Å². The number of rotatable bonds is 9. The third-order valence-corrected chi connectivity index (χ3v) is 6.97. The zero-order chi connectivity index (χ0) is 23.2. The van der Waals surface area contributed by atoms with Gasteiger partial charge in [0.2, 0.25) is 21.8 Å². The third kappa shape index (κ3) is 7.46. The van der Waals surface area contributed by atoms with Crippen LogP contribution in [0, 0.1) is 3.57 Å². The molecule has 1 N–H and O–H groups in total. The first-order chi connectivity index (χ1) is 14.5. The van der Waals surface area contributed by atoms with Crippen LogP contribution < -0.4 is 9.62 Å². The zero-order valence-electron chi connectivity index (χ0n) is 17.5. The second-order valence-corrected chi connectivity index (χ2v) is 11.0. The minimum Gasteiger partial charge on any atom is -0.355 e. The molecule has 31 heavy (non-hydrogen) atoms. The molecule has 0 heterocycles. The molecule has 2 rings (SSSR count). The molecule has 0 aromatic heterocycles. The Kier molecular flexibility index (Phi) is 9.31. The van der Waals surface area contributed by atoms with Crippen LogP contribution in [0.2, 0.25) is 0 Å². The summed E-state index contributed by atoms with van der Waals surface area (Å²) in [4.78, 5) is 27.2. The number of benzene rings is 2. The summed E-state index contributed by atoms with van der Waals surface area (Å²) in [5.74, 6) is -0.765. The lowest BCUT2D eigenvalue weighted by Gasteiger charge is -2.31. The molecular formula is C21H25BrIN3O4S. The van der Waals surface area contributed by atoms with E-state index in [1.165, 1.54) is 4.90 Å². The molecule has 0 radical (unpaired) electrons. The number of likely N-dealkylation sites (N-methyl/N-ethyl adjacent to an activating group) is 1. The number of anilines is 1. The quantitative estimate of drug-likeness (QED) is 0.435. The summed E-state index contributed by atoms with van der Waals surface area (Å²) >= 11 is 5.50. The highest BCUT2D eigenvalue weighted by Crippen LogP contribution is 2.21. The number of nitrogens with zero attached hydrogens (tertiary/aromatic N) is 2. The van der Waals surface area contributed by atoms with Crippen LogP contribution in [0.1, 0.15) is 19.4 Å². The summed E-state index contributed by atoms with van der Waals surface area (Å²) in [6, 6.07) is 13.5. The van der Waals surface area contributed by atoms with Gasteiger partial charge in [0.25, 0.3) is 0 Å². The maximum absolute atomic E-state index is 13.3. The maximum Gasteiger partial charge on any atom is 0.244 e. The predicted molar refractivity (Wildman–Crippen MR) is 134 cm³/mol. The van der Waals surface area contributed by atoms with E-state index >= 15 is 0 Å². The Bertz CT molecular complexity index is 1010. The molecule has 0 spiro atoms. The number of nitrogens with one attached hydrogen (secondary N) is 1. The first-order valence-corrected chi connectivity index (χ1v) is 13.3. The third-order valence-electron chi connectivity index (χ3n) is 4.58. The van der Waals surface area contributed by atoms with E-state index in [9.17, 15) is 18.0 Å². The Morgan fingerprint density at radius 3 is 2.19 bits per heavy atom. The molecule has 0 saturated carbocycles. The van der Waals surface area contributed by atoms with E-state index in [-0.39, 0.29) is 12.5 Å². The molecule has 0 aliphatic carbocycles. The lowest BCUT2D eigenvalue weighted by molar-refractivity contribution is -0.139. The van der Waals surface area contributed by atoms with Gasteiger partial charge in [0.1, 0.15) is 12.6 Å². The van der Waals surface area contributed by atoms with Crippen LogP contribution in [0.4, 0.5) is 5.69 Å². The highest BCUT2D eigenvalue weighted by molar-refractivity contribution is 14.1. The number of carbonyl (C=O) groups is 2. The number of hydrogen-bond donors (Lipinski definition) is 1. The summed E-state index contributed by atoms with van der Waals surface area (Å²) in [5.41, 5.74) is 1.22. The minimum atomic E-state index is -3.72. The number of halogens is 2. The van der Waals surface area contributed by atoms with Crippen molar-refractivity contribution in [3.05, 3.63) is 62.1 Å². The molecule has 10 heteroatoms. The highest BCUT2D eigenvalue weighted by Gasteiger charge is 2.29. The summed E-state index contributed by atoms with van der Waals surface area (Å²) in [5, 5.41) is 2.72. The maximum atomic E-state index is 13.3. The summed E-state index contributed by atoms with van der Waals surface area (Å²) in [7, 11) is -3.72. The monoisotopic (exact) mass is 621 g/mol. The van der Waals surface area contributed by atoms with E-state index in [1.807, 2.05) is 24.3 Å². The van der Waals surface area contributed by atoms with Crippen molar-refractivity contribution in [2.24, 2.45) is 0 Å². The van der Waals surface area contributed by atoms with Crippen molar-refractivity contribution in [2.45, 2.75) is 26.4 Å². The normalized spacial score (nSPS) is 12.2. The van der Waals surface area contributed by atoms with Gasteiger partial charge in [0, 0.05) is 21.1 Å². The molecular weight excluding hydrogens is 597 g/mol. The molecule has 168 valence electrons. The molecule has 1 atom stereocenters. The van der Waals surface area contributed by atoms with E-state index in [0.717, 1.165) is 24.2 Å². The van der Waals surface area contributed by atoms with E-state index in [4.69, 9.17) is 0 Å². The van der Waals surface area contributed by atoms with E-state index in [1.54, 1.807) is 38.1 Å². The van der Waals surface area contributed by atoms with Gasteiger partial charge in [-0.15, -0.1) is 0 Å². The van der Waals surface area contributed by atoms with Gasteiger partial charge in [-0.1, -0.05) is 28.1 Å². The Balaban J connectivity index is 2.35. The highest BCUT2D eigenvalue weighted by atomic mass is 127. The molecule has 0 aliphatic heterocycles. The Hall–Kier alpha value is -1.66. The summed E-state index contributed by atoms with van der Waals surface area (Å²) < 4.78 is 27.8. The Morgan fingerprint density at radius 1 is 1.10 bits per heavy atom. The minimum absolute atomic E-state index is 0.175. The van der Waals surface area contributed by atoms with Gasteiger partial charge >= 0.3 is 0 Å². The average molecular weight is 622 g/mol. The van der Waals surface area contributed by atoms with Crippen LogP contribution in [-0.4, -0.2) is 50.5 Å². The fraction of sp³-hybridized carbons (Fsp3) is 0.333. The fourth-order valence-electron chi connectivity index (χ4n) is 2.91. The van der Waals surface area contributed by atoms with Crippen LogP contribution in [0.5, 0.6) is 0 Å². The Morgan fingerprint density at radius 2 is 1.68 bits per heavy atom. The van der Waals surface area contributed by atoms with Gasteiger partial charge in [-0.25, -0.2) is 8.42 Å². The van der Waals surface area contributed by atoms with Gasteiger partial charge in [0.05, 0.1) is 11.9 Å². The molecule has 2 aromatic carbocycles. The summed E-state index contributed by atoms with van der Waals surface area (Å²) in [6.07, 6.45) is 1.06. The van der Waals surface area contributed by atoms with E-state index < -0.39 is 28.5 Å². The molecule has 2 amide bonds. The lowest BCUT2D eigenvalue weighted by atomic mass is 10.1. The molecule has 2 aromatic rings. The second kappa shape index (κ2) is 11.3. The molecule has 0 unspecified atom stereocenters. The van der Waals surface area contributed by atoms with Crippen LogP contribution in [0.3, 0.4) is 0 Å². The van der Waals surface area contributed by atoms with E-state index in [0.29, 0.717) is 12.2 Å². The van der Waals surface area contributed by atoms with Crippen molar-refractivity contribution < 1.29 is 18.0 Å². The van der Waals surface area contributed by atoms with Crippen molar-refractivity contribution in [3.63, 3.8) is 0 Å². The second-order valence-electron chi connectivity index (χ2n) is 6.96. The largest absolute Gasteiger partial charge is 0.355 e. The van der Waals surface area contributed by atoms with Gasteiger partial charge in [0.15, 0.2) is 0 Å². The Labute approximate surface area is 205 Å². The van der Waals surface area contributed by atoms with Gasteiger partial charge in [-0.2, -0.15) is 0 Å². The van der Waals surface area contributed by atoms with Gasteiger partial charge in [-0.05, 0) is 78.4 Å². The predicted octanol–water partition coefficient (Wildman–Crippen LogP) is 3.37. The van der Waals surface area contributed by atoms with E-state index in [2.05, 4.69) is 43.8 Å². The first-order valence-electron chi connectivity index (χ1n) is 9.57. The zero-order valence-corrected chi connectivity index (χ0v) is 22.1. The van der Waals surface area contributed by atoms with Crippen LogP contribution in [0.25, 0.3) is 0 Å². The average Bonchev–Trinajstić information content (AvgIpc) is 2.71. The lowest BCUT2D eigenvalue weighted by Crippen LogP contribution is -2.51. The van der Waals surface area contributed by atoms with Crippen molar-refractivity contribution in [1.29, 1.82) is 0 Å². The number of amides is 2. The molecule has 7 nitrogen and oxygen atoms in total. The first kappa shape index (κ1) is 25.6. The molecule has 0 bridgehead atoms. The van der Waals surface area contributed by atoms with Crippen LogP contribution in [-0.2, 0) is 26.2 Å². The molecule has 0 saturated heterocycles. The van der Waals surface area contributed by atoms with Crippen LogP contribution in [0.15, 0.2) is 53.0 Å². The fourth-order valence-corrected chi connectivity index (χ4v) is 4.39.